The van der Waals surface area contributed by atoms with Gasteiger partial charge in [-0.2, -0.15) is 13.8 Å². The second kappa shape index (κ2) is 5.00. The second-order valence-electron chi connectivity index (χ2n) is 3.36. The number of aryl methyl sites for hydroxylation is 1. The number of hydrogen-bond acceptors (Lipinski definition) is 5. The summed E-state index contributed by atoms with van der Waals surface area (Å²) < 4.78 is 30.5. The topological polar surface area (TPSA) is 68.8 Å². The van der Waals surface area contributed by atoms with E-state index in [1.165, 1.54) is 12.4 Å². The molecule has 0 saturated heterocycles. The predicted octanol–water partition coefficient (Wildman–Crippen LogP) is 1.26. The van der Waals surface area contributed by atoms with Crippen molar-refractivity contribution in [1.29, 1.82) is 0 Å². The molecular weight excluding hydrogens is 232 g/mol. The molecule has 0 fully saturated rings. The minimum atomic E-state index is -2.58. The maximum atomic E-state index is 12.5. The first kappa shape index (κ1) is 11.6. The molecule has 2 rings (SSSR count). The molecule has 0 saturated carbocycles. The van der Waals surface area contributed by atoms with Crippen LogP contribution in [0.2, 0.25) is 0 Å². The molecular formula is C9H11F2N5O. The van der Waals surface area contributed by atoms with E-state index in [0.717, 1.165) is 4.57 Å². The number of imidazole rings is 1. The second-order valence-corrected chi connectivity index (χ2v) is 3.36. The molecule has 0 aliphatic heterocycles. The van der Waals surface area contributed by atoms with Crippen LogP contribution in [0.3, 0.4) is 0 Å². The van der Waals surface area contributed by atoms with Crippen LogP contribution < -0.4 is 5.32 Å². The highest BCUT2D eigenvalue weighted by atomic mass is 19.3. The Kier molecular flexibility index (Phi) is 3.43. The lowest BCUT2D eigenvalue weighted by atomic mass is 10.5. The number of alkyl halides is 2. The van der Waals surface area contributed by atoms with Crippen LogP contribution in [0.4, 0.5) is 8.78 Å². The van der Waals surface area contributed by atoms with Crippen molar-refractivity contribution in [3.8, 4) is 0 Å². The zero-order valence-electron chi connectivity index (χ0n) is 9.10. The van der Waals surface area contributed by atoms with Crippen molar-refractivity contribution in [2.75, 3.05) is 0 Å². The molecule has 8 heteroatoms. The van der Waals surface area contributed by atoms with Gasteiger partial charge in [-0.15, -0.1) is 0 Å². The molecule has 1 N–H and O–H groups in total. The minimum absolute atomic E-state index is 0.213. The van der Waals surface area contributed by atoms with Gasteiger partial charge in [0.15, 0.2) is 5.82 Å². The van der Waals surface area contributed by atoms with E-state index in [1.54, 1.807) is 6.92 Å². The minimum Gasteiger partial charge on any atom is -0.340 e. The fourth-order valence-corrected chi connectivity index (χ4v) is 1.36. The number of rotatable bonds is 5. The molecule has 92 valence electrons. The van der Waals surface area contributed by atoms with Crippen LogP contribution in [0, 0.1) is 6.92 Å². The molecule has 0 radical (unpaired) electrons. The predicted molar refractivity (Wildman–Crippen MR) is 53.1 cm³/mol. The Hall–Kier alpha value is -1.83. The van der Waals surface area contributed by atoms with Gasteiger partial charge in [-0.05, 0) is 0 Å². The summed E-state index contributed by atoms with van der Waals surface area (Å²) in [5.74, 6) is 1.22. The molecule has 0 aliphatic rings. The molecule has 0 spiro atoms. The Morgan fingerprint density at radius 3 is 2.94 bits per heavy atom. The molecule has 6 nitrogen and oxygen atoms in total. The quantitative estimate of drug-likeness (QED) is 0.856. The summed E-state index contributed by atoms with van der Waals surface area (Å²) in [5.41, 5.74) is 0. The first-order valence-corrected chi connectivity index (χ1v) is 4.96. The average Bonchev–Trinajstić information content (AvgIpc) is 2.87. The highest BCUT2D eigenvalue weighted by molar-refractivity contribution is 4.93. The third kappa shape index (κ3) is 2.84. The molecule has 0 aromatic carbocycles. The molecule has 0 bridgehead atoms. The number of nitrogens with zero attached hydrogens (tertiary/aromatic N) is 4. The van der Waals surface area contributed by atoms with Gasteiger partial charge < -0.3 is 9.84 Å². The van der Waals surface area contributed by atoms with E-state index in [9.17, 15) is 8.78 Å². The third-order valence-corrected chi connectivity index (χ3v) is 2.10. The standard InChI is InChI=1S/C9H11F2N5O/c1-6-14-7(15-17-6)4-12-5-8-13-2-3-16(8)9(10)11/h2-3,9,12H,4-5H2,1H3. The monoisotopic (exact) mass is 243 g/mol. The average molecular weight is 243 g/mol. The fraction of sp³-hybridized carbons (Fsp3) is 0.444. The Morgan fingerprint density at radius 1 is 1.47 bits per heavy atom. The molecule has 0 amide bonds. The van der Waals surface area contributed by atoms with E-state index in [1.807, 2.05) is 0 Å². The van der Waals surface area contributed by atoms with E-state index < -0.39 is 6.55 Å². The van der Waals surface area contributed by atoms with Crippen molar-refractivity contribution >= 4 is 0 Å². The smallest absolute Gasteiger partial charge is 0.319 e. The summed E-state index contributed by atoms with van der Waals surface area (Å²) in [6.45, 7) is -0.347. The summed E-state index contributed by atoms with van der Waals surface area (Å²) in [4.78, 5) is 7.80. The van der Waals surface area contributed by atoms with E-state index in [4.69, 9.17) is 4.52 Å². The molecule has 2 aromatic rings. The van der Waals surface area contributed by atoms with Gasteiger partial charge >= 0.3 is 6.55 Å². The van der Waals surface area contributed by atoms with Crippen LogP contribution in [0.15, 0.2) is 16.9 Å². The summed E-state index contributed by atoms with van der Waals surface area (Å²) in [7, 11) is 0. The van der Waals surface area contributed by atoms with Gasteiger partial charge in [-0.3, -0.25) is 4.57 Å². The largest absolute Gasteiger partial charge is 0.340 e. The summed E-state index contributed by atoms with van der Waals surface area (Å²) in [5, 5.41) is 6.58. The zero-order chi connectivity index (χ0) is 12.3. The molecule has 2 heterocycles. The lowest BCUT2D eigenvalue weighted by Gasteiger charge is -2.06. The van der Waals surface area contributed by atoms with Crippen molar-refractivity contribution in [3.05, 3.63) is 29.9 Å². The highest BCUT2D eigenvalue weighted by Crippen LogP contribution is 2.11. The van der Waals surface area contributed by atoms with Crippen LogP contribution in [-0.4, -0.2) is 19.7 Å². The van der Waals surface area contributed by atoms with Crippen LogP contribution >= 0.6 is 0 Å². The van der Waals surface area contributed by atoms with Gasteiger partial charge in [0, 0.05) is 19.3 Å². The highest BCUT2D eigenvalue weighted by Gasteiger charge is 2.11. The Morgan fingerprint density at radius 2 is 2.29 bits per heavy atom. The number of hydrogen-bond donors (Lipinski definition) is 1. The van der Waals surface area contributed by atoms with Crippen molar-refractivity contribution in [2.45, 2.75) is 26.6 Å². The van der Waals surface area contributed by atoms with Crippen molar-refractivity contribution < 1.29 is 13.3 Å². The fourth-order valence-electron chi connectivity index (χ4n) is 1.36. The van der Waals surface area contributed by atoms with Gasteiger partial charge in [-0.25, -0.2) is 4.98 Å². The molecule has 0 unspecified atom stereocenters. The first-order chi connectivity index (χ1) is 8.16. The van der Waals surface area contributed by atoms with E-state index in [-0.39, 0.29) is 12.4 Å². The van der Waals surface area contributed by atoms with Crippen LogP contribution in [-0.2, 0) is 13.1 Å². The van der Waals surface area contributed by atoms with Crippen LogP contribution in [0.25, 0.3) is 0 Å². The Labute approximate surface area is 95.7 Å². The van der Waals surface area contributed by atoms with Crippen molar-refractivity contribution in [3.63, 3.8) is 0 Å². The Balaban J connectivity index is 1.88. The summed E-state index contributed by atoms with van der Waals surface area (Å²) >= 11 is 0. The van der Waals surface area contributed by atoms with Gasteiger partial charge in [0.05, 0.1) is 13.1 Å². The molecule has 2 aromatic heterocycles. The van der Waals surface area contributed by atoms with Gasteiger partial charge in [0.1, 0.15) is 5.82 Å². The van der Waals surface area contributed by atoms with Gasteiger partial charge in [0.2, 0.25) is 5.89 Å². The summed E-state index contributed by atoms with van der Waals surface area (Å²) in [6, 6.07) is 0. The van der Waals surface area contributed by atoms with Gasteiger partial charge in [0.25, 0.3) is 0 Å². The maximum absolute atomic E-state index is 12.5. The maximum Gasteiger partial charge on any atom is 0.319 e. The van der Waals surface area contributed by atoms with Gasteiger partial charge in [-0.1, -0.05) is 5.16 Å². The number of nitrogens with one attached hydrogen (secondary N) is 1. The molecule has 0 atom stereocenters. The van der Waals surface area contributed by atoms with E-state index >= 15 is 0 Å². The molecule has 17 heavy (non-hydrogen) atoms. The van der Waals surface area contributed by atoms with E-state index in [2.05, 4.69) is 20.4 Å². The first-order valence-electron chi connectivity index (χ1n) is 4.96. The zero-order valence-corrected chi connectivity index (χ0v) is 9.10. The molecule has 0 aliphatic carbocycles. The number of halogens is 2. The number of aromatic nitrogens is 4. The SMILES string of the molecule is Cc1nc(CNCc2nccn2C(F)F)no1. The van der Waals surface area contributed by atoms with E-state index in [0.29, 0.717) is 18.3 Å². The van der Waals surface area contributed by atoms with Crippen molar-refractivity contribution in [1.82, 2.24) is 25.0 Å². The van der Waals surface area contributed by atoms with Crippen LogP contribution in [0.5, 0.6) is 0 Å². The third-order valence-electron chi connectivity index (χ3n) is 2.10. The van der Waals surface area contributed by atoms with Crippen molar-refractivity contribution in [2.24, 2.45) is 0 Å². The lowest BCUT2D eigenvalue weighted by molar-refractivity contribution is 0.0666. The van der Waals surface area contributed by atoms with Crippen LogP contribution in [0.1, 0.15) is 24.1 Å². The normalized spacial score (nSPS) is 11.3. The summed E-state index contributed by atoms with van der Waals surface area (Å²) in [6.07, 6.45) is 2.57. The Bertz CT molecular complexity index is 481. The lowest BCUT2D eigenvalue weighted by Crippen LogP contribution is -2.17.